The summed E-state index contributed by atoms with van der Waals surface area (Å²) in [6.07, 6.45) is 0.762. The summed E-state index contributed by atoms with van der Waals surface area (Å²) in [5.74, 6) is -1.88. The first-order valence-corrected chi connectivity index (χ1v) is 8.45. The molecule has 2 amide bonds. The largest absolute Gasteiger partial charge is 0.487 e. The lowest BCUT2D eigenvalue weighted by Crippen LogP contribution is -2.46. The number of benzene rings is 1. The highest BCUT2D eigenvalue weighted by Gasteiger charge is 2.21. The monoisotopic (exact) mass is 381 g/mol. The fourth-order valence-electron chi connectivity index (χ4n) is 2.03. The Morgan fingerprint density at radius 2 is 1.96 bits per heavy atom. The van der Waals surface area contributed by atoms with E-state index >= 15 is 0 Å². The third-order valence-corrected chi connectivity index (χ3v) is 3.35. The summed E-state index contributed by atoms with van der Waals surface area (Å²) in [5, 5.41) is 16.1. The Hall–Kier alpha value is -3.17. The first-order valence-electron chi connectivity index (χ1n) is 8.45. The number of nitro benzene ring substituents is 1. The SMILES string of the molecule is CCCNC(=O)[C@H](C)NC(=O)COC(=O)c1ccc(OCC)c([N+](=O)[O-])c1. The highest BCUT2D eigenvalue weighted by atomic mass is 16.6. The van der Waals surface area contributed by atoms with Crippen LogP contribution in [0.5, 0.6) is 5.75 Å². The van der Waals surface area contributed by atoms with Crippen LogP contribution in [0.3, 0.4) is 0 Å². The molecule has 0 radical (unpaired) electrons. The quantitative estimate of drug-likeness (QED) is 0.353. The summed E-state index contributed by atoms with van der Waals surface area (Å²) in [6.45, 7) is 5.17. The van der Waals surface area contributed by atoms with Crippen LogP contribution in [-0.4, -0.2) is 48.5 Å². The molecule has 1 atom stereocenters. The molecule has 1 rings (SSSR count). The first kappa shape index (κ1) is 21.9. The topological polar surface area (TPSA) is 137 Å². The second kappa shape index (κ2) is 10.7. The lowest BCUT2D eigenvalue weighted by atomic mass is 10.2. The van der Waals surface area contributed by atoms with Crippen molar-refractivity contribution in [2.24, 2.45) is 0 Å². The van der Waals surface area contributed by atoms with Crippen LogP contribution < -0.4 is 15.4 Å². The van der Waals surface area contributed by atoms with Crippen LogP contribution in [0.25, 0.3) is 0 Å². The van der Waals surface area contributed by atoms with Crippen LogP contribution in [0.2, 0.25) is 0 Å². The molecule has 0 spiro atoms. The molecule has 0 aliphatic rings. The van der Waals surface area contributed by atoms with Crippen LogP contribution in [-0.2, 0) is 14.3 Å². The summed E-state index contributed by atoms with van der Waals surface area (Å²) < 4.78 is 9.97. The van der Waals surface area contributed by atoms with Crippen LogP contribution in [0.15, 0.2) is 18.2 Å². The molecular formula is C17H23N3O7. The van der Waals surface area contributed by atoms with Gasteiger partial charge in [0.25, 0.3) is 5.91 Å². The van der Waals surface area contributed by atoms with Crippen LogP contribution in [0, 0.1) is 10.1 Å². The van der Waals surface area contributed by atoms with E-state index in [-0.39, 0.29) is 29.5 Å². The van der Waals surface area contributed by atoms with Gasteiger partial charge < -0.3 is 20.1 Å². The van der Waals surface area contributed by atoms with Crippen molar-refractivity contribution >= 4 is 23.5 Å². The van der Waals surface area contributed by atoms with Gasteiger partial charge in [0, 0.05) is 12.6 Å². The minimum absolute atomic E-state index is 0.0312. The average Bonchev–Trinajstić information content (AvgIpc) is 2.64. The van der Waals surface area contributed by atoms with Gasteiger partial charge in [-0.2, -0.15) is 0 Å². The number of carbonyl (C=O) groups is 3. The molecule has 0 aliphatic carbocycles. The van der Waals surface area contributed by atoms with Crippen molar-refractivity contribution in [3.05, 3.63) is 33.9 Å². The van der Waals surface area contributed by atoms with E-state index in [9.17, 15) is 24.5 Å². The molecule has 0 fully saturated rings. The van der Waals surface area contributed by atoms with Gasteiger partial charge in [-0.05, 0) is 32.4 Å². The van der Waals surface area contributed by atoms with E-state index in [1.54, 1.807) is 6.92 Å². The zero-order valence-corrected chi connectivity index (χ0v) is 15.4. The van der Waals surface area contributed by atoms with Crippen molar-refractivity contribution in [2.45, 2.75) is 33.2 Å². The van der Waals surface area contributed by atoms with Crippen molar-refractivity contribution in [3.8, 4) is 5.75 Å². The fourth-order valence-corrected chi connectivity index (χ4v) is 2.03. The van der Waals surface area contributed by atoms with Gasteiger partial charge in [-0.15, -0.1) is 0 Å². The molecule has 1 aromatic carbocycles. The molecule has 148 valence electrons. The van der Waals surface area contributed by atoms with Crippen molar-refractivity contribution in [3.63, 3.8) is 0 Å². The first-order chi connectivity index (χ1) is 12.8. The molecule has 10 nitrogen and oxygen atoms in total. The molecule has 0 unspecified atom stereocenters. The fraction of sp³-hybridized carbons (Fsp3) is 0.471. The summed E-state index contributed by atoms with van der Waals surface area (Å²) in [6, 6.07) is 2.83. The highest BCUT2D eigenvalue weighted by Crippen LogP contribution is 2.28. The summed E-state index contributed by atoms with van der Waals surface area (Å²) >= 11 is 0. The number of amides is 2. The summed E-state index contributed by atoms with van der Waals surface area (Å²) in [7, 11) is 0. The van der Waals surface area contributed by atoms with Gasteiger partial charge in [0.05, 0.1) is 17.1 Å². The Morgan fingerprint density at radius 1 is 1.26 bits per heavy atom. The molecule has 0 aromatic heterocycles. The number of nitro groups is 1. The van der Waals surface area contributed by atoms with Gasteiger partial charge in [0.15, 0.2) is 12.4 Å². The third kappa shape index (κ3) is 6.92. The Kier molecular flexibility index (Phi) is 8.70. The number of carbonyl (C=O) groups excluding carboxylic acids is 3. The zero-order valence-electron chi connectivity index (χ0n) is 15.4. The number of nitrogens with zero attached hydrogens (tertiary/aromatic N) is 1. The average molecular weight is 381 g/mol. The van der Waals surface area contributed by atoms with Gasteiger partial charge in [-0.25, -0.2) is 4.79 Å². The van der Waals surface area contributed by atoms with Gasteiger partial charge in [-0.3, -0.25) is 19.7 Å². The normalized spacial score (nSPS) is 11.2. The third-order valence-electron chi connectivity index (χ3n) is 3.35. The van der Waals surface area contributed by atoms with Crippen LogP contribution >= 0.6 is 0 Å². The molecule has 2 N–H and O–H groups in total. The van der Waals surface area contributed by atoms with Crippen molar-refractivity contribution in [1.29, 1.82) is 0 Å². The maximum atomic E-state index is 12.0. The molecular weight excluding hydrogens is 358 g/mol. The smallest absolute Gasteiger partial charge is 0.338 e. The van der Waals surface area contributed by atoms with E-state index in [0.717, 1.165) is 12.5 Å². The molecule has 0 saturated heterocycles. The number of esters is 1. The number of nitrogens with one attached hydrogen (secondary N) is 2. The molecule has 10 heteroatoms. The Morgan fingerprint density at radius 3 is 2.56 bits per heavy atom. The predicted molar refractivity (Wildman–Crippen MR) is 95.5 cm³/mol. The van der Waals surface area contributed by atoms with Crippen LogP contribution in [0.1, 0.15) is 37.6 Å². The summed E-state index contributed by atoms with van der Waals surface area (Å²) in [5.41, 5.74) is -0.469. The molecule has 0 aliphatic heterocycles. The number of hydrogen-bond acceptors (Lipinski definition) is 7. The van der Waals surface area contributed by atoms with Crippen molar-refractivity contribution < 1.29 is 28.8 Å². The Bertz CT molecular complexity index is 706. The van der Waals surface area contributed by atoms with Crippen molar-refractivity contribution in [2.75, 3.05) is 19.8 Å². The second-order valence-corrected chi connectivity index (χ2v) is 5.53. The lowest BCUT2D eigenvalue weighted by molar-refractivity contribution is -0.385. The highest BCUT2D eigenvalue weighted by molar-refractivity contribution is 5.93. The zero-order chi connectivity index (χ0) is 20.4. The van der Waals surface area contributed by atoms with E-state index in [4.69, 9.17) is 9.47 Å². The minimum Gasteiger partial charge on any atom is -0.487 e. The second-order valence-electron chi connectivity index (χ2n) is 5.53. The minimum atomic E-state index is -0.903. The van der Waals surface area contributed by atoms with Crippen LogP contribution in [0.4, 0.5) is 5.69 Å². The van der Waals surface area contributed by atoms with E-state index in [0.29, 0.717) is 6.54 Å². The molecule has 0 heterocycles. The van der Waals surface area contributed by atoms with Gasteiger partial charge in [0.2, 0.25) is 5.91 Å². The van der Waals surface area contributed by atoms with Gasteiger partial charge in [-0.1, -0.05) is 6.92 Å². The Labute approximate surface area is 156 Å². The van der Waals surface area contributed by atoms with E-state index in [1.807, 2.05) is 6.92 Å². The number of rotatable bonds is 10. The molecule has 0 bridgehead atoms. The van der Waals surface area contributed by atoms with Gasteiger partial charge in [0.1, 0.15) is 6.04 Å². The maximum Gasteiger partial charge on any atom is 0.338 e. The standard InChI is InChI=1S/C17H23N3O7/c1-4-8-18-16(22)11(3)19-15(21)10-27-17(23)12-6-7-14(26-5-2)13(9-12)20(24)25/h6-7,9,11H,4-5,8,10H2,1-3H3,(H,18,22)(H,19,21)/t11-/m0/s1. The Balaban J connectivity index is 2.63. The predicted octanol–water partition coefficient (Wildman–Crippen LogP) is 1.18. The lowest BCUT2D eigenvalue weighted by Gasteiger charge is -2.14. The van der Waals surface area contributed by atoms with E-state index in [1.165, 1.54) is 19.1 Å². The van der Waals surface area contributed by atoms with E-state index < -0.39 is 29.4 Å². The maximum absolute atomic E-state index is 12.0. The van der Waals surface area contributed by atoms with Gasteiger partial charge >= 0.3 is 11.7 Å². The molecule has 27 heavy (non-hydrogen) atoms. The van der Waals surface area contributed by atoms with E-state index in [2.05, 4.69) is 10.6 Å². The number of hydrogen-bond donors (Lipinski definition) is 2. The number of ether oxygens (including phenoxy) is 2. The molecule has 1 aromatic rings. The van der Waals surface area contributed by atoms with Crippen molar-refractivity contribution in [1.82, 2.24) is 10.6 Å². The summed E-state index contributed by atoms with van der Waals surface area (Å²) in [4.78, 5) is 45.9. The molecule has 0 saturated carbocycles.